The molecular formula is C19H23N5O3S. The van der Waals surface area contributed by atoms with Gasteiger partial charge in [0.05, 0.1) is 12.8 Å². The zero-order valence-corrected chi connectivity index (χ0v) is 17.0. The van der Waals surface area contributed by atoms with Crippen molar-refractivity contribution in [2.24, 2.45) is 5.10 Å². The summed E-state index contributed by atoms with van der Waals surface area (Å²) in [5.41, 5.74) is 4.58. The average molecular weight is 401 g/mol. The quantitative estimate of drug-likeness (QED) is 0.242. The largest absolute Gasteiger partial charge is 0.496 e. The topological polar surface area (TPSA) is 106 Å². The van der Waals surface area contributed by atoms with Gasteiger partial charge in [-0.2, -0.15) is 5.10 Å². The van der Waals surface area contributed by atoms with E-state index < -0.39 is 11.8 Å². The van der Waals surface area contributed by atoms with E-state index in [0.29, 0.717) is 16.6 Å². The van der Waals surface area contributed by atoms with E-state index in [1.165, 1.54) is 11.8 Å². The molecule has 0 saturated carbocycles. The number of aromatic nitrogens is 2. The first kappa shape index (κ1) is 21.4. The molecule has 1 aromatic carbocycles. The normalized spacial score (nSPS) is 11.2. The molecule has 0 spiro atoms. The maximum atomic E-state index is 11.8. The van der Waals surface area contributed by atoms with Gasteiger partial charge in [0.25, 0.3) is 0 Å². The number of hydrogen-bond acceptors (Lipinski definition) is 7. The van der Waals surface area contributed by atoms with E-state index in [2.05, 4.69) is 25.8 Å². The molecular weight excluding hydrogens is 378 g/mol. The molecule has 0 radical (unpaired) electrons. The van der Waals surface area contributed by atoms with Gasteiger partial charge >= 0.3 is 11.8 Å². The fourth-order valence-electron chi connectivity index (χ4n) is 2.20. The zero-order chi connectivity index (χ0) is 20.5. The molecule has 0 bridgehead atoms. The van der Waals surface area contributed by atoms with Crippen molar-refractivity contribution >= 4 is 29.3 Å². The van der Waals surface area contributed by atoms with E-state index in [4.69, 9.17) is 4.74 Å². The Morgan fingerprint density at radius 3 is 2.57 bits per heavy atom. The van der Waals surface area contributed by atoms with Gasteiger partial charge in [-0.05, 0) is 50.6 Å². The lowest BCUT2D eigenvalue weighted by atomic mass is 10.1. The van der Waals surface area contributed by atoms with E-state index in [9.17, 15) is 9.59 Å². The van der Waals surface area contributed by atoms with E-state index in [-0.39, 0.29) is 6.04 Å². The van der Waals surface area contributed by atoms with Crippen LogP contribution in [0.2, 0.25) is 0 Å². The van der Waals surface area contributed by atoms with Gasteiger partial charge in [0.1, 0.15) is 5.75 Å². The molecule has 1 aromatic heterocycles. The Morgan fingerprint density at radius 1 is 1.21 bits per heavy atom. The van der Waals surface area contributed by atoms with Gasteiger partial charge in [-0.3, -0.25) is 9.59 Å². The molecule has 0 fully saturated rings. The van der Waals surface area contributed by atoms with Crippen molar-refractivity contribution in [1.82, 2.24) is 20.7 Å². The van der Waals surface area contributed by atoms with Crippen LogP contribution in [0.1, 0.15) is 31.9 Å². The molecule has 28 heavy (non-hydrogen) atoms. The summed E-state index contributed by atoms with van der Waals surface area (Å²) in [5.74, 6) is -0.183. The van der Waals surface area contributed by atoms with Crippen molar-refractivity contribution in [2.45, 2.75) is 37.7 Å². The highest BCUT2D eigenvalue weighted by Crippen LogP contribution is 2.27. The Hall–Kier alpha value is -2.94. The Labute approximate surface area is 168 Å². The lowest BCUT2D eigenvalue weighted by Crippen LogP contribution is -2.41. The standard InChI is InChI=1S/C19H23N5O3S/c1-12(2)22-17(25)18(26)24-23-13(3)14-6-7-16(27-4)15(10-14)11-28-19-20-8-5-9-21-19/h5-10,12H,11H2,1-4H3,(H,22,25)(H,24,26)/b23-13-. The summed E-state index contributed by atoms with van der Waals surface area (Å²) in [6.45, 7) is 5.30. The summed E-state index contributed by atoms with van der Waals surface area (Å²) in [4.78, 5) is 31.8. The molecule has 0 unspecified atom stereocenters. The van der Waals surface area contributed by atoms with E-state index in [1.54, 1.807) is 46.3 Å². The molecule has 2 amide bonds. The van der Waals surface area contributed by atoms with Crippen molar-refractivity contribution in [3.63, 3.8) is 0 Å². The smallest absolute Gasteiger partial charge is 0.329 e. The highest BCUT2D eigenvalue weighted by molar-refractivity contribution is 7.98. The molecule has 0 aliphatic carbocycles. The number of nitrogens with zero attached hydrogens (tertiary/aromatic N) is 3. The third kappa shape index (κ3) is 6.34. The molecule has 8 nitrogen and oxygen atoms in total. The maximum Gasteiger partial charge on any atom is 0.329 e. The fraction of sp³-hybridized carbons (Fsp3) is 0.316. The summed E-state index contributed by atoms with van der Waals surface area (Å²) in [6, 6.07) is 7.24. The molecule has 2 rings (SSSR count). The van der Waals surface area contributed by atoms with Crippen LogP contribution in [0.5, 0.6) is 5.75 Å². The van der Waals surface area contributed by atoms with Crippen LogP contribution in [0.15, 0.2) is 46.9 Å². The Morgan fingerprint density at radius 2 is 1.93 bits per heavy atom. The van der Waals surface area contributed by atoms with Crippen molar-refractivity contribution in [1.29, 1.82) is 0 Å². The van der Waals surface area contributed by atoms with Crippen molar-refractivity contribution < 1.29 is 14.3 Å². The molecule has 9 heteroatoms. The third-order valence-electron chi connectivity index (χ3n) is 3.55. The molecule has 1 heterocycles. The second-order valence-corrected chi connectivity index (χ2v) is 7.06. The number of rotatable bonds is 7. The number of hydrogen-bond donors (Lipinski definition) is 2. The summed E-state index contributed by atoms with van der Waals surface area (Å²) in [5, 5.41) is 7.20. The van der Waals surface area contributed by atoms with Gasteiger partial charge in [0.2, 0.25) is 0 Å². The van der Waals surface area contributed by atoms with Crippen LogP contribution in [0.3, 0.4) is 0 Å². The van der Waals surface area contributed by atoms with Gasteiger partial charge < -0.3 is 10.1 Å². The Balaban J connectivity index is 2.10. The van der Waals surface area contributed by atoms with Crippen LogP contribution in [0.25, 0.3) is 0 Å². The van der Waals surface area contributed by atoms with Gasteiger partial charge in [-0.25, -0.2) is 15.4 Å². The first-order valence-corrected chi connectivity index (χ1v) is 9.61. The highest BCUT2D eigenvalue weighted by atomic mass is 32.2. The number of hydrazone groups is 1. The summed E-state index contributed by atoms with van der Waals surface area (Å²) >= 11 is 1.49. The second kappa shape index (κ2) is 10.4. The minimum Gasteiger partial charge on any atom is -0.496 e. The molecule has 2 aromatic rings. The summed E-state index contributed by atoms with van der Waals surface area (Å²) < 4.78 is 5.42. The highest BCUT2D eigenvalue weighted by Gasteiger charge is 2.14. The van der Waals surface area contributed by atoms with Crippen LogP contribution < -0.4 is 15.5 Å². The van der Waals surface area contributed by atoms with Crippen LogP contribution in [-0.4, -0.2) is 40.6 Å². The minimum atomic E-state index is -0.807. The molecule has 2 N–H and O–H groups in total. The van der Waals surface area contributed by atoms with E-state index in [1.807, 2.05) is 18.2 Å². The first-order valence-electron chi connectivity index (χ1n) is 8.63. The van der Waals surface area contributed by atoms with Crippen molar-refractivity contribution in [2.75, 3.05) is 7.11 Å². The lowest BCUT2D eigenvalue weighted by molar-refractivity contribution is -0.139. The maximum absolute atomic E-state index is 11.8. The summed E-state index contributed by atoms with van der Waals surface area (Å²) in [7, 11) is 1.61. The van der Waals surface area contributed by atoms with Crippen molar-refractivity contribution in [3.8, 4) is 5.75 Å². The number of carbonyl (C=O) groups is 2. The van der Waals surface area contributed by atoms with E-state index >= 15 is 0 Å². The van der Waals surface area contributed by atoms with Gasteiger partial charge in [-0.15, -0.1) is 0 Å². The van der Waals surface area contributed by atoms with E-state index in [0.717, 1.165) is 16.9 Å². The first-order chi connectivity index (χ1) is 13.4. The Kier molecular flexibility index (Phi) is 7.94. The minimum absolute atomic E-state index is 0.126. The zero-order valence-electron chi connectivity index (χ0n) is 16.2. The summed E-state index contributed by atoms with van der Waals surface area (Å²) in [6.07, 6.45) is 3.38. The lowest BCUT2D eigenvalue weighted by Gasteiger charge is -2.11. The predicted octanol–water partition coefficient (Wildman–Crippen LogP) is 2.14. The number of ether oxygens (including phenoxy) is 1. The predicted molar refractivity (Wildman–Crippen MR) is 108 cm³/mol. The second-order valence-electron chi connectivity index (χ2n) is 6.11. The third-order valence-corrected chi connectivity index (χ3v) is 4.47. The van der Waals surface area contributed by atoms with Gasteiger partial charge in [0.15, 0.2) is 5.16 Å². The molecule has 0 aliphatic heterocycles. The molecule has 0 aliphatic rings. The number of nitrogens with one attached hydrogen (secondary N) is 2. The van der Waals surface area contributed by atoms with Gasteiger partial charge in [-0.1, -0.05) is 11.8 Å². The number of amides is 2. The number of carbonyl (C=O) groups excluding carboxylic acids is 2. The number of methoxy groups -OCH3 is 1. The molecule has 148 valence electrons. The van der Waals surface area contributed by atoms with Gasteiger partial charge in [0, 0.05) is 29.8 Å². The van der Waals surface area contributed by atoms with Crippen LogP contribution in [-0.2, 0) is 15.3 Å². The Bertz CT molecular complexity index is 856. The molecule has 0 atom stereocenters. The van der Waals surface area contributed by atoms with Crippen LogP contribution >= 0.6 is 11.8 Å². The SMILES string of the molecule is COc1ccc(/C(C)=N\NC(=O)C(=O)NC(C)C)cc1CSc1ncccn1. The monoisotopic (exact) mass is 401 g/mol. The van der Waals surface area contributed by atoms with Crippen molar-refractivity contribution in [3.05, 3.63) is 47.8 Å². The van der Waals surface area contributed by atoms with Crippen LogP contribution in [0.4, 0.5) is 0 Å². The molecule has 0 saturated heterocycles. The fourth-order valence-corrected chi connectivity index (χ4v) is 2.98. The number of thioether (sulfide) groups is 1. The van der Waals surface area contributed by atoms with Crippen LogP contribution in [0, 0.1) is 0 Å². The average Bonchev–Trinajstić information content (AvgIpc) is 2.70. The number of benzene rings is 1.